The highest BCUT2D eigenvalue weighted by molar-refractivity contribution is 6.04. The van der Waals surface area contributed by atoms with Crippen LogP contribution < -0.4 is 15.4 Å². The van der Waals surface area contributed by atoms with Gasteiger partial charge >= 0.3 is 5.97 Å². The molecule has 3 aromatic rings. The van der Waals surface area contributed by atoms with Crippen molar-refractivity contribution in [3.05, 3.63) is 41.3 Å². The van der Waals surface area contributed by atoms with Crippen molar-refractivity contribution in [2.75, 3.05) is 18.5 Å². The Hall–Kier alpha value is -4.02. The number of aliphatic carboxylic acids is 1. The fourth-order valence-electron chi connectivity index (χ4n) is 4.70. The lowest BCUT2D eigenvalue weighted by Crippen LogP contribution is -2.25. The molecule has 0 radical (unpaired) electrons. The molecule has 3 heterocycles. The number of anilines is 1. The third-order valence-electron chi connectivity index (χ3n) is 6.67. The van der Waals surface area contributed by atoms with E-state index < -0.39 is 5.97 Å². The Labute approximate surface area is 200 Å². The summed E-state index contributed by atoms with van der Waals surface area (Å²) in [5.41, 5.74) is 2.82. The molecule has 1 aliphatic carbocycles. The lowest BCUT2D eigenvalue weighted by molar-refractivity contribution is -0.143. The molecule has 1 amide bonds. The van der Waals surface area contributed by atoms with E-state index in [-0.39, 0.29) is 36.5 Å². The Morgan fingerprint density at radius 1 is 1.17 bits per heavy atom. The number of aromatic amines is 1. The minimum atomic E-state index is -0.715. The van der Waals surface area contributed by atoms with E-state index in [1.54, 1.807) is 0 Å². The van der Waals surface area contributed by atoms with Gasteiger partial charge in [0.25, 0.3) is 5.91 Å². The maximum atomic E-state index is 12.9. The van der Waals surface area contributed by atoms with Gasteiger partial charge in [0.05, 0.1) is 5.92 Å². The SMILES string of the molecule is O=C1COc2ccc(CNC(=O)c3ncnc4c(NCC5CCC(C(=O)O)CC5)n[nH]c34)cc2C1. The molecular formula is C24H26N6O5. The van der Waals surface area contributed by atoms with Gasteiger partial charge in [-0.3, -0.25) is 19.5 Å². The number of nitrogens with one attached hydrogen (secondary N) is 3. The lowest BCUT2D eigenvalue weighted by Gasteiger charge is -2.26. The number of carbonyl (C=O) groups is 3. The summed E-state index contributed by atoms with van der Waals surface area (Å²) in [7, 11) is 0. The number of hydrogen-bond donors (Lipinski definition) is 4. The van der Waals surface area contributed by atoms with E-state index in [2.05, 4.69) is 30.8 Å². The number of fused-ring (bicyclic) bond motifs is 2. The summed E-state index contributed by atoms with van der Waals surface area (Å²) in [6.45, 7) is 1.02. The standard InChI is InChI=1S/C24H26N6O5/c31-17-8-16-7-14(3-6-18(16)35-11-17)10-26-23(32)21-19-20(27-12-28-21)22(30-29-19)25-9-13-1-4-15(5-2-13)24(33)34/h3,6-7,12-13,15H,1-2,4-5,8-11H2,(H,26,32)(H,33,34)(H2,25,29,30). The molecule has 0 bridgehead atoms. The zero-order chi connectivity index (χ0) is 24.4. The molecule has 1 aliphatic heterocycles. The largest absolute Gasteiger partial charge is 0.486 e. The number of amides is 1. The fourth-order valence-corrected chi connectivity index (χ4v) is 4.70. The second kappa shape index (κ2) is 9.69. The highest BCUT2D eigenvalue weighted by atomic mass is 16.5. The van der Waals surface area contributed by atoms with Gasteiger partial charge in [-0.1, -0.05) is 6.07 Å². The van der Waals surface area contributed by atoms with Crippen LogP contribution in [0.1, 0.15) is 47.3 Å². The first-order valence-corrected chi connectivity index (χ1v) is 11.7. The van der Waals surface area contributed by atoms with Crippen molar-refractivity contribution in [1.29, 1.82) is 0 Å². The van der Waals surface area contributed by atoms with E-state index in [1.165, 1.54) is 6.33 Å². The molecule has 4 N–H and O–H groups in total. The van der Waals surface area contributed by atoms with Crippen molar-refractivity contribution in [3.8, 4) is 5.75 Å². The zero-order valence-electron chi connectivity index (χ0n) is 19.0. The van der Waals surface area contributed by atoms with Gasteiger partial charge < -0.3 is 20.5 Å². The van der Waals surface area contributed by atoms with Gasteiger partial charge in [-0.2, -0.15) is 5.10 Å². The Balaban J connectivity index is 1.22. The monoisotopic (exact) mass is 478 g/mol. The van der Waals surface area contributed by atoms with Crippen LogP contribution in [0.5, 0.6) is 5.75 Å². The molecule has 5 rings (SSSR count). The number of benzene rings is 1. The molecule has 2 aliphatic rings. The summed E-state index contributed by atoms with van der Waals surface area (Å²) < 4.78 is 5.41. The summed E-state index contributed by atoms with van der Waals surface area (Å²) in [4.78, 5) is 44.1. The number of carboxylic acid groups (broad SMARTS) is 1. The number of nitrogens with zero attached hydrogens (tertiary/aromatic N) is 3. The van der Waals surface area contributed by atoms with Crippen molar-refractivity contribution in [2.24, 2.45) is 11.8 Å². The zero-order valence-corrected chi connectivity index (χ0v) is 19.0. The van der Waals surface area contributed by atoms with Crippen molar-refractivity contribution >= 4 is 34.5 Å². The van der Waals surface area contributed by atoms with Crippen LogP contribution in [0.2, 0.25) is 0 Å². The van der Waals surface area contributed by atoms with E-state index in [1.807, 2.05) is 18.2 Å². The van der Waals surface area contributed by atoms with E-state index in [0.717, 1.165) is 24.0 Å². The van der Waals surface area contributed by atoms with Gasteiger partial charge in [-0.15, -0.1) is 0 Å². The van der Waals surface area contributed by atoms with Crippen molar-refractivity contribution in [3.63, 3.8) is 0 Å². The number of rotatable bonds is 7. The third-order valence-corrected chi connectivity index (χ3v) is 6.67. The third kappa shape index (κ3) is 4.93. The molecule has 1 saturated carbocycles. The number of hydrogen-bond acceptors (Lipinski definition) is 8. The number of ketones is 1. The number of H-pyrrole nitrogens is 1. The van der Waals surface area contributed by atoms with Crippen LogP contribution >= 0.6 is 0 Å². The molecule has 0 atom stereocenters. The highest BCUT2D eigenvalue weighted by Crippen LogP contribution is 2.30. The highest BCUT2D eigenvalue weighted by Gasteiger charge is 2.26. The summed E-state index contributed by atoms with van der Waals surface area (Å²) in [6, 6.07) is 5.53. The van der Waals surface area contributed by atoms with Crippen LogP contribution in [0, 0.1) is 11.8 Å². The van der Waals surface area contributed by atoms with Gasteiger partial charge in [0.15, 0.2) is 17.3 Å². The molecule has 1 aromatic carbocycles. The van der Waals surface area contributed by atoms with Crippen molar-refractivity contribution in [2.45, 2.75) is 38.6 Å². The molecule has 182 valence electrons. The molecule has 11 nitrogen and oxygen atoms in total. The maximum Gasteiger partial charge on any atom is 0.306 e. The number of carbonyl (C=O) groups excluding carboxylic acids is 2. The number of carboxylic acids is 1. The molecule has 0 unspecified atom stereocenters. The lowest BCUT2D eigenvalue weighted by atomic mass is 9.82. The number of ether oxygens (including phenoxy) is 1. The molecule has 11 heteroatoms. The van der Waals surface area contributed by atoms with Crippen molar-refractivity contribution < 1.29 is 24.2 Å². The average Bonchev–Trinajstić information content (AvgIpc) is 3.29. The van der Waals surface area contributed by atoms with Crippen LogP contribution in [0.15, 0.2) is 24.5 Å². The molecule has 2 aromatic heterocycles. The van der Waals surface area contributed by atoms with E-state index in [4.69, 9.17) is 9.84 Å². The first-order valence-electron chi connectivity index (χ1n) is 11.7. The Morgan fingerprint density at radius 2 is 2.00 bits per heavy atom. The second-order valence-corrected chi connectivity index (χ2v) is 9.08. The van der Waals surface area contributed by atoms with Crippen LogP contribution in [0.4, 0.5) is 5.82 Å². The fraction of sp³-hybridized carbons (Fsp3) is 0.417. The van der Waals surface area contributed by atoms with Crippen LogP contribution in [-0.2, 0) is 22.6 Å². The molecular weight excluding hydrogens is 452 g/mol. The predicted molar refractivity (Wildman–Crippen MR) is 125 cm³/mol. The summed E-state index contributed by atoms with van der Waals surface area (Å²) >= 11 is 0. The van der Waals surface area contributed by atoms with Gasteiger partial charge in [0.2, 0.25) is 0 Å². The predicted octanol–water partition coefficient (Wildman–Crippen LogP) is 2.09. The summed E-state index contributed by atoms with van der Waals surface area (Å²) in [5, 5.41) is 22.4. The van der Waals surface area contributed by atoms with Crippen LogP contribution in [0.3, 0.4) is 0 Å². The molecule has 0 spiro atoms. The maximum absolute atomic E-state index is 12.9. The van der Waals surface area contributed by atoms with Crippen molar-refractivity contribution in [1.82, 2.24) is 25.5 Å². The Bertz CT molecular complexity index is 1280. The minimum absolute atomic E-state index is 0.0265. The first-order chi connectivity index (χ1) is 17.0. The van der Waals surface area contributed by atoms with E-state index >= 15 is 0 Å². The second-order valence-electron chi connectivity index (χ2n) is 9.08. The molecule has 0 saturated heterocycles. The van der Waals surface area contributed by atoms with E-state index in [0.29, 0.717) is 54.3 Å². The van der Waals surface area contributed by atoms with Gasteiger partial charge in [-0.05, 0) is 49.3 Å². The Morgan fingerprint density at radius 3 is 2.80 bits per heavy atom. The quantitative estimate of drug-likeness (QED) is 0.399. The first kappa shape index (κ1) is 22.8. The topological polar surface area (TPSA) is 159 Å². The normalized spacial score (nSPS) is 19.6. The number of aromatic nitrogens is 4. The Kier molecular flexibility index (Phi) is 6.30. The smallest absolute Gasteiger partial charge is 0.306 e. The van der Waals surface area contributed by atoms with Crippen LogP contribution in [-0.4, -0.2) is 56.1 Å². The van der Waals surface area contributed by atoms with Crippen LogP contribution in [0.25, 0.3) is 11.0 Å². The number of Topliss-reactive ketones (excluding diaryl/α,β-unsaturated/α-hetero) is 1. The summed E-state index contributed by atoms with van der Waals surface area (Å²) in [5.74, 6) is 0.291. The minimum Gasteiger partial charge on any atom is -0.486 e. The molecule has 1 fully saturated rings. The van der Waals surface area contributed by atoms with Gasteiger partial charge in [0, 0.05) is 25.1 Å². The average molecular weight is 479 g/mol. The molecule has 35 heavy (non-hydrogen) atoms. The van der Waals surface area contributed by atoms with Gasteiger partial charge in [-0.25, -0.2) is 9.97 Å². The summed E-state index contributed by atoms with van der Waals surface area (Å²) in [6.07, 6.45) is 4.72. The van der Waals surface area contributed by atoms with E-state index in [9.17, 15) is 14.4 Å². The van der Waals surface area contributed by atoms with Gasteiger partial charge in [0.1, 0.15) is 29.7 Å².